The van der Waals surface area contributed by atoms with Crippen molar-refractivity contribution >= 4 is 28.1 Å². The molecule has 0 saturated carbocycles. The van der Waals surface area contributed by atoms with Crippen LogP contribution in [0, 0.1) is 0 Å². The molecule has 1 amide bonds. The number of hydrazone groups is 1. The third-order valence-corrected chi connectivity index (χ3v) is 3.61. The number of hydrogen-bond acceptors (Lipinski definition) is 4. The summed E-state index contributed by atoms with van der Waals surface area (Å²) in [6.45, 7) is 0. The van der Waals surface area contributed by atoms with E-state index in [0.29, 0.717) is 22.9 Å². The van der Waals surface area contributed by atoms with Gasteiger partial charge in [0.1, 0.15) is 11.5 Å². The van der Waals surface area contributed by atoms with E-state index < -0.39 is 0 Å². The zero-order valence-electron chi connectivity index (χ0n) is 11.7. The number of phenolic OH excluding ortho intramolecular Hbond substituents is 2. The average Bonchev–Trinajstić information content (AvgIpc) is 2.51. The highest BCUT2D eigenvalue weighted by atomic mass is 79.9. The van der Waals surface area contributed by atoms with E-state index in [-0.39, 0.29) is 17.4 Å². The summed E-state index contributed by atoms with van der Waals surface area (Å²) in [6, 6.07) is 12.4. The van der Waals surface area contributed by atoms with Crippen LogP contribution in [0.2, 0.25) is 0 Å². The summed E-state index contributed by atoms with van der Waals surface area (Å²) >= 11 is 3.14. The van der Waals surface area contributed by atoms with Crippen molar-refractivity contribution in [3.8, 4) is 11.5 Å². The Bertz CT molecular complexity index is 687. The second-order valence-corrected chi connectivity index (χ2v) is 5.50. The Balaban J connectivity index is 1.87. The minimum atomic E-state index is -0.211. The van der Waals surface area contributed by atoms with Gasteiger partial charge >= 0.3 is 0 Å². The number of aromatic hydroxyl groups is 2. The third-order valence-electron chi connectivity index (χ3n) is 2.97. The molecule has 22 heavy (non-hydrogen) atoms. The molecule has 2 aromatic rings. The summed E-state index contributed by atoms with van der Waals surface area (Å²) in [4.78, 5) is 11.7. The second kappa shape index (κ2) is 7.61. The molecule has 0 aliphatic rings. The predicted octanol–water partition coefficient (Wildman–Crippen LogP) is 2.94. The molecular weight excluding hydrogens is 348 g/mol. The molecule has 0 aliphatic heterocycles. The molecule has 0 aliphatic carbocycles. The van der Waals surface area contributed by atoms with Crippen LogP contribution in [0.15, 0.2) is 52.0 Å². The Morgan fingerprint density at radius 2 is 1.91 bits per heavy atom. The lowest BCUT2D eigenvalue weighted by Gasteiger charge is -2.03. The fourth-order valence-electron chi connectivity index (χ4n) is 1.80. The lowest BCUT2D eigenvalue weighted by Crippen LogP contribution is -2.17. The topological polar surface area (TPSA) is 81.9 Å². The van der Waals surface area contributed by atoms with Crippen molar-refractivity contribution in [3.05, 3.63) is 58.1 Å². The van der Waals surface area contributed by atoms with Crippen molar-refractivity contribution in [2.75, 3.05) is 0 Å². The SMILES string of the molecule is O=C(CCc1ccccc1)N/N=C\c1cc(Br)c(O)cc1O. The molecule has 0 aromatic heterocycles. The van der Waals surface area contributed by atoms with Gasteiger partial charge in [-0.3, -0.25) is 4.79 Å². The third kappa shape index (κ3) is 4.60. The monoisotopic (exact) mass is 362 g/mol. The summed E-state index contributed by atoms with van der Waals surface area (Å²) < 4.78 is 0.433. The first-order valence-electron chi connectivity index (χ1n) is 6.63. The smallest absolute Gasteiger partial charge is 0.240 e. The highest BCUT2D eigenvalue weighted by molar-refractivity contribution is 9.10. The molecule has 0 heterocycles. The zero-order valence-corrected chi connectivity index (χ0v) is 13.2. The van der Waals surface area contributed by atoms with Gasteiger partial charge in [-0.25, -0.2) is 5.43 Å². The van der Waals surface area contributed by atoms with Gasteiger partial charge in [0.05, 0.1) is 10.7 Å². The number of benzene rings is 2. The van der Waals surface area contributed by atoms with Gasteiger partial charge in [0.25, 0.3) is 0 Å². The molecular formula is C16H15BrN2O3. The molecule has 2 rings (SSSR count). The minimum absolute atomic E-state index is 0.0680. The largest absolute Gasteiger partial charge is 0.507 e. The minimum Gasteiger partial charge on any atom is -0.507 e. The van der Waals surface area contributed by atoms with Crippen LogP contribution >= 0.6 is 15.9 Å². The number of phenols is 2. The summed E-state index contributed by atoms with van der Waals surface area (Å²) in [5.74, 6) is -0.401. The van der Waals surface area contributed by atoms with Gasteiger partial charge in [-0.2, -0.15) is 5.10 Å². The fourth-order valence-corrected chi connectivity index (χ4v) is 2.16. The van der Waals surface area contributed by atoms with Crippen LogP contribution in [-0.2, 0) is 11.2 Å². The van der Waals surface area contributed by atoms with Crippen LogP contribution in [-0.4, -0.2) is 22.3 Å². The molecule has 5 nitrogen and oxygen atoms in total. The lowest BCUT2D eigenvalue weighted by atomic mass is 10.1. The van der Waals surface area contributed by atoms with Crippen molar-refractivity contribution in [2.45, 2.75) is 12.8 Å². The first-order chi connectivity index (χ1) is 10.6. The molecule has 0 bridgehead atoms. The molecule has 114 valence electrons. The number of halogens is 1. The van der Waals surface area contributed by atoms with Gasteiger partial charge in [-0.15, -0.1) is 0 Å². The number of carbonyl (C=O) groups excluding carboxylic acids is 1. The van der Waals surface area contributed by atoms with E-state index in [1.807, 2.05) is 30.3 Å². The highest BCUT2D eigenvalue weighted by Crippen LogP contribution is 2.30. The van der Waals surface area contributed by atoms with Crippen LogP contribution in [0.1, 0.15) is 17.5 Å². The Kier molecular flexibility index (Phi) is 5.55. The summed E-state index contributed by atoms with van der Waals surface area (Å²) in [7, 11) is 0. The summed E-state index contributed by atoms with van der Waals surface area (Å²) in [5.41, 5.74) is 3.87. The van der Waals surface area contributed by atoms with E-state index in [1.54, 1.807) is 0 Å². The van der Waals surface area contributed by atoms with Crippen LogP contribution in [0.5, 0.6) is 11.5 Å². The van der Waals surface area contributed by atoms with Crippen LogP contribution < -0.4 is 5.43 Å². The Labute approximate surface area is 136 Å². The molecule has 3 N–H and O–H groups in total. The normalized spacial score (nSPS) is 10.8. The second-order valence-electron chi connectivity index (χ2n) is 4.64. The standard InChI is InChI=1S/C16H15BrN2O3/c17-13-8-12(14(20)9-15(13)21)10-18-19-16(22)7-6-11-4-2-1-3-5-11/h1-5,8-10,20-21H,6-7H2,(H,19,22)/b18-10-. The molecule has 0 atom stereocenters. The van der Waals surface area contributed by atoms with E-state index in [4.69, 9.17) is 0 Å². The van der Waals surface area contributed by atoms with E-state index >= 15 is 0 Å². The quantitative estimate of drug-likeness (QED) is 0.564. The fraction of sp³-hybridized carbons (Fsp3) is 0.125. The first-order valence-corrected chi connectivity index (χ1v) is 7.43. The maximum atomic E-state index is 11.7. The summed E-state index contributed by atoms with van der Waals surface area (Å²) in [6.07, 6.45) is 2.28. The van der Waals surface area contributed by atoms with Crippen LogP contribution in [0.4, 0.5) is 0 Å². The van der Waals surface area contributed by atoms with Gasteiger partial charge in [-0.05, 0) is 34.0 Å². The molecule has 2 aromatic carbocycles. The van der Waals surface area contributed by atoms with E-state index in [9.17, 15) is 15.0 Å². The Hall–Kier alpha value is -2.34. The highest BCUT2D eigenvalue weighted by Gasteiger charge is 2.05. The lowest BCUT2D eigenvalue weighted by molar-refractivity contribution is -0.121. The van der Waals surface area contributed by atoms with E-state index in [2.05, 4.69) is 26.5 Å². The predicted molar refractivity (Wildman–Crippen MR) is 88.0 cm³/mol. The number of amides is 1. The van der Waals surface area contributed by atoms with Crippen molar-refractivity contribution in [3.63, 3.8) is 0 Å². The van der Waals surface area contributed by atoms with Gasteiger partial charge in [0.15, 0.2) is 0 Å². The summed E-state index contributed by atoms with van der Waals surface area (Å²) in [5, 5.41) is 22.8. The average molecular weight is 363 g/mol. The Morgan fingerprint density at radius 1 is 1.18 bits per heavy atom. The van der Waals surface area contributed by atoms with Gasteiger partial charge in [-0.1, -0.05) is 30.3 Å². The number of carbonyl (C=O) groups is 1. The zero-order chi connectivity index (χ0) is 15.9. The van der Waals surface area contributed by atoms with Crippen LogP contribution in [0.3, 0.4) is 0 Å². The van der Waals surface area contributed by atoms with E-state index in [0.717, 1.165) is 5.56 Å². The number of nitrogens with zero attached hydrogens (tertiary/aromatic N) is 1. The molecule has 0 unspecified atom stereocenters. The number of aryl methyl sites for hydroxylation is 1. The first kappa shape index (κ1) is 16.0. The number of nitrogens with one attached hydrogen (secondary N) is 1. The molecule has 0 spiro atoms. The van der Waals surface area contributed by atoms with Crippen molar-refractivity contribution in [1.82, 2.24) is 5.43 Å². The number of hydrogen-bond donors (Lipinski definition) is 3. The van der Waals surface area contributed by atoms with Crippen molar-refractivity contribution < 1.29 is 15.0 Å². The van der Waals surface area contributed by atoms with Crippen LogP contribution in [0.25, 0.3) is 0 Å². The van der Waals surface area contributed by atoms with Crippen molar-refractivity contribution in [1.29, 1.82) is 0 Å². The Morgan fingerprint density at radius 3 is 2.64 bits per heavy atom. The molecule has 6 heteroatoms. The number of rotatable bonds is 5. The molecule has 0 radical (unpaired) electrons. The van der Waals surface area contributed by atoms with Gasteiger partial charge in [0, 0.05) is 18.1 Å². The molecule has 0 saturated heterocycles. The van der Waals surface area contributed by atoms with Crippen molar-refractivity contribution in [2.24, 2.45) is 5.10 Å². The van der Waals surface area contributed by atoms with Gasteiger partial charge < -0.3 is 10.2 Å². The molecule has 0 fully saturated rings. The maximum absolute atomic E-state index is 11.7. The van der Waals surface area contributed by atoms with E-state index in [1.165, 1.54) is 18.3 Å². The maximum Gasteiger partial charge on any atom is 0.240 e. The van der Waals surface area contributed by atoms with Gasteiger partial charge in [0.2, 0.25) is 5.91 Å².